The number of anilines is 1. The van der Waals surface area contributed by atoms with Gasteiger partial charge in [0.1, 0.15) is 11.1 Å². The van der Waals surface area contributed by atoms with Crippen molar-refractivity contribution < 1.29 is 9.90 Å². The van der Waals surface area contributed by atoms with Gasteiger partial charge in [0, 0.05) is 6.54 Å². The van der Waals surface area contributed by atoms with E-state index in [1.807, 2.05) is 13.0 Å². The molecule has 7 heteroatoms. The summed E-state index contributed by atoms with van der Waals surface area (Å²) in [7, 11) is 0. The SMILES string of the molecule is CC1CCCN(c2cnn(-c3ccccc3)c(=O)c2Cl)C1C(=O)O. The first-order valence-corrected chi connectivity index (χ1v) is 8.21. The molecular weight excluding hydrogens is 330 g/mol. The minimum atomic E-state index is -0.912. The molecule has 24 heavy (non-hydrogen) atoms. The molecule has 126 valence electrons. The van der Waals surface area contributed by atoms with Crippen molar-refractivity contribution in [2.24, 2.45) is 5.92 Å². The van der Waals surface area contributed by atoms with Crippen LogP contribution in [0.5, 0.6) is 0 Å². The lowest BCUT2D eigenvalue weighted by Gasteiger charge is -2.38. The number of para-hydroxylation sites is 1. The van der Waals surface area contributed by atoms with E-state index in [1.54, 1.807) is 29.2 Å². The summed E-state index contributed by atoms with van der Waals surface area (Å²) in [5, 5.41) is 13.7. The Balaban J connectivity index is 2.05. The number of benzene rings is 1. The quantitative estimate of drug-likeness (QED) is 0.923. The number of carboxylic acids is 1. The predicted octanol–water partition coefficient (Wildman–Crippen LogP) is 2.58. The molecule has 1 fully saturated rings. The van der Waals surface area contributed by atoms with Crippen LogP contribution >= 0.6 is 11.6 Å². The molecule has 0 saturated carbocycles. The molecule has 2 atom stereocenters. The van der Waals surface area contributed by atoms with E-state index in [0.29, 0.717) is 17.9 Å². The first-order chi connectivity index (χ1) is 11.5. The third-order valence-corrected chi connectivity index (χ3v) is 4.75. The van der Waals surface area contributed by atoms with Crippen molar-refractivity contribution in [2.45, 2.75) is 25.8 Å². The zero-order chi connectivity index (χ0) is 17.3. The molecule has 2 unspecified atom stereocenters. The van der Waals surface area contributed by atoms with Crippen LogP contribution in [0.15, 0.2) is 41.3 Å². The van der Waals surface area contributed by atoms with E-state index in [4.69, 9.17) is 11.6 Å². The number of aromatic nitrogens is 2. The molecule has 0 amide bonds. The molecule has 1 N–H and O–H groups in total. The van der Waals surface area contributed by atoms with Gasteiger partial charge in [0.15, 0.2) is 0 Å². The van der Waals surface area contributed by atoms with Gasteiger partial charge in [-0.2, -0.15) is 9.78 Å². The average molecular weight is 348 g/mol. The number of hydrogen-bond acceptors (Lipinski definition) is 4. The van der Waals surface area contributed by atoms with Gasteiger partial charge in [0.25, 0.3) is 5.56 Å². The van der Waals surface area contributed by atoms with Crippen LogP contribution < -0.4 is 10.5 Å². The molecule has 0 spiro atoms. The fourth-order valence-electron chi connectivity index (χ4n) is 3.21. The normalized spacial score (nSPS) is 20.8. The summed E-state index contributed by atoms with van der Waals surface area (Å²) in [4.78, 5) is 25.9. The van der Waals surface area contributed by atoms with Crippen LogP contribution in [0.25, 0.3) is 5.69 Å². The average Bonchev–Trinajstić information content (AvgIpc) is 2.57. The van der Waals surface area contributed by atoms with Crippen LogP contribution in [0, 0.1) is 5.92 Å². The highest BCUT2D eigenvalue weighted by molar-refractivity contribution is 6.33. The summed E-state index contributed by atoms with van der Waals surface area (Å²) in [6.07, 6.45) is 3.16. The first-order valence-electron chi connectivity index (χ1n) is 7.83. The Labute approximate surface area is 144 Å². The number of hydrogen-bond donors (Lipinski definition) is 1. The van der Waals surface area contributed by atoms with E-state index in [9.17, 15) is 14.7 Å². The van der Waals surface area contributed by atoms with Gasteiger partial charge in [-0.05, 0) is 30.9 Å². The van der Waals surface area contributed by atoms with Gasteiger partial charge in [-0.3, -0.25) is 4.79 Å². The minimum Gasteiger partial charge on any atom is -0.480 e. The lowest BCUT2D eigenvalue weighted by atomic mass is 9.90. The Morgan fingerprint density at radius 1 is 1.33 bits per heavy atom. The second kappa shape index (κ2) is 6.65. The highest BCUT2D eigenvalue weighted by Crippen LogP contribution is 2.31. The van der Waals surface area contributed by atoms with Crippen molar-refractivity contribution in [1.29, 1.82) is 0 Å². The Morgan fingerprint density at radius 3 is 2.71 bits per heavy atom. The third kappa shape index (κ3) is 2.89. The summed E-state index contributed by atoms with van der Waals surface area (Å²) in [5.74, 6) is -0.936. The fraction of sp³-hybridized carbons (Fsp3) is 0.353. The number of aliphatic carboxylic acids is 1. The number of piperidine rings is 1. The molecule has 0 radical (unpaired) electrons. The lowest BCUT2D eigenvalue weighted by molar-refractivity contribution is -0.140. The van der Waals surface area contributed by atoms with Crippen molar-refractivity contribution in [3.8, 4) is 5.69 Å². The molecule has 2 heterocycles. The Morgan fingerprint density at radius 2 is 2.04 bits per heavy atom. The van der Waals surface area contributed by atoms with E-state index in [2.05, 4.69) is 5.10 Å². The molecular formula is C17H18ClN3O3. The maximum atomic E-state index is 12.6. The lowest BCUT2D eigenvalue weighted by Crippen LogP contribution is -2.50. The standard InChI is InChI=1S/C17H18ClN3O3/c1-11-6-5-9-20(15(11)17(23)24)13-10-19-21(16(22)14(13)18)12-7-3-2-4-8-12/h2-4,7-8,10-11,15H,5-6,9H2,1H3,(H,23,24). The molecule has 1 aliphatic heterocycles. The van der Waals surface area contributed by atoms with Gasteiger partial charge < -0.3 is 10.0 Å². The first kappa shape index (κ1) is 16.5. The maximum absolute atomic E-state index is 12.6. The summed E-state index contributed by atoms with van der Waals surface area (Å²) >= 11 is 6.29. The zero-order valence-electron chi connectivity index (χ0n) is 13.2. The van der Waals surface area contributed by atoms with Gasteiger partial charge in [0.05, 0.1) is 17.6 Å². The highest BCUT2D eigenvalue weighted by atomic mass is 35.5. The molecule has 0 bridgehead atoms. The van der Waals surface area contributed by atoms with Gasteiger partial charge in [0.2, 0.25) is 0 Å². The number of nitrogens with zero attached hydrogens (tertiary/aromatic N) is 3. The number of rotatable bonds is 3. The Hall–Kier alpha value is -2.34. The number of carbonyl (C=O) groups is 1. The van der Waals surface area contributed by atoms with Crippen LogP contribution in [0.2, 0.25) is 5.02 Å². The fourth-order valence-corrected chi connectivity index (χ4v) is 3.45. The van der Waals surface area contributed by atoms with E-state index in [1.165, 1.54) is 10.9 Å². The molecule has 1 aliphatic rings. The molecule has 1 aromatic heterocycles. The smallest absolute Gasteiger partial charge is 0.326 e. The van der Waals surface area contributed by atoms with Gasteiger partial charge in [-0.15, -0.1) is 0 Å². The van der Waals surface area contributed by atoms with Crippen LogP contribution in [0.1, 0.15) is 19.8 Å². The Kier molecular flexibility index (Phi) is 4.57. The molecule has 1 aromatic carbocycles. The van der Waals surface area contributed by atoms with Gasteiger partial charge >= 0.3 is 5.97 Å². The largest absolute Gasteiger partial charge is 0.480 e. The minimum absolute atomic E-state index is 0.00537. The highest BCUT2D eigenvalue weighted by Gasteiger charge is 2.36. The summed E-state index contributed by atoms with van der Waals surface area (Å²) in [6.45, 7) is 2.44. The van der Waals surface area contributed by atoms with Crippen molar-refractivity contribution in [3.63, 3.8) is 0 Å². The van der Waals surface area contributed by atoms with Gasteiger partial charge in [-0.1, -0.05) is 36.7 Å². The predicted molar refractivity (Wildman–Crippen MR) is 92.0 cm³/mol. The molecule has 1 saturated heterocycles. The van der Waals surface area contributed by atoms with E-state index in [-0.39, 0.29) is 10.9 Å². The summed E-state index contributed by atoms with van der Waals surface area (Å²) < 4.78 is 1.22. The molecule has 6 nitrogen and oxygen atoms in total. The number of halogens is 1. The zero-order valence-corrected chi connectivity index (χ0v) is 14.0. The van der Waals surface area contributed by atoms with E-state index >= 15 is 0 Å². The third-order valence-electron chi connectivity index (χ3n) is 4.40. The van der Waals surface area contributed by atoms with Crippen molar-refractivity contribution in [1.82, 2.24) is 9.78 Å². The van der Waals surface area contributed by atoms with Crippen LogP contribution in [-0.4, -0.2) is 33.4 Å². The molecule has 2 aromatic rings. The second-order valence-electron chi connectivity index (χ2n) is 5.99. The topological polar surface area (TPSA) is 75.4 Å². The van der Waals surface area contributed by atoms with Crippen LogP contribution in [0.4, 0.5) is 5.69 Å². The number of carboxylic acid groups (broad SMARTS) is 1. The van der Waals surface area contributed by atoms with Gasteiger partial charge in [-0.25, -0.2) is 4.79 Å². The van der Waals surface area contributed by atoms with Crippen molar-refractivity contribution in [3.05, 3.63) is 51.9 Å². The van der Waals surface area contributed by atoms with Crippen LogP contribution in [-0.2, 0) is 4.79 Å². The van der Waals surface area contributed by atoms with Crippen molar-refractivity contribution in [2.75, 3.05) is 11.4 Å². The molecule has 3 rings (SSSR count). The Bertz CT molecular complexity index is 806. The van der Waals surface area contributed by atoms with E-state index in [0.717, 1.165) is 12.8 Å². The maximum Gasteiger partial charge on any atom is 0.326 e. The monoisotopic (exact) mass is 347 g/mol. The summed E-state index contributed by atoms with van der Waals surface area (Å²) in [5.41, 5.74) is 0.535. The molecule has 0 aliphatic carbocycles. The van der Waals surface area contributed by atoms with E-state index < -0.39 is 17.6 Å². The summed E-state index contributed by atoms with van der Waals surface area (Å²) in [6, 6.07) is 8.26. The van der Waals surface area contributed by atoms with Crippen molar-refractivity contribution >= 4 is 23.3 Å². The second-order valence-corrected chi connectivity index (χ2v) is 6.37. The van der Waals surface area contributed by atoms with Crippen LogP contribution in [0.3, 0.4) is 0 Å².